The minimum atomic E-state index is -3.92. The van der Waals surface area contributed by atoms with Crippen LogP contribution in [-0.4, -0.2) is 26.3 Å². The van der Waals surface area contributed by atoms with Crippen molar-refractivity contribution in [3.05, 3.63) is 53.1 Å². The van der Waals surface area contributed by atoms with Crippen molar-refractivity contribution in [1.82, 2.24) is 4.72 Å². The predicted molar refractivity (Wildman–Crippen MR) is 102 cm³/mol. The molecule has 7 nitrogen and oxygen atoms in total. The molecular weight excluding hydrogens is 392 g/mol. The summed E-state index contributed by atoms with van der Waals surface area (Å²) in [5.74, 6) is -0.545. The summed E-state index contributed by atoms with van der Waals surface area (Å²) in [5.41, 5.74) is 1.19. The van der Waals surface area contributed by atoms with E-state index < -0.39 is 27.9 Å². The van der Waals surface area contributed by atoms with Crippen molar-refractivity contribution >= 4 is 39.1 Å². The Morgan fingerprint density at radius 2 is 1.74 bits per heavy atom. The van der Waals surface area contributed by atoms with E-state index in [1.54, 1.807) is 25.1 Å². The summed E-state index contributed by atoms with van der Waals surface area (Å²) < 4.78 is 31.3. The minimum Gasteiger partial charge on any atom is -0.481 e. The normalized spacial score (nSPS) is 12.1. The van der Waals surface area contributed by atoms with Gasteiger partial charge in [-0.05, 0) is 61.9 Å². The summed E-state index contributed by atoms with van der Waals surface area (Å²) in [5, 5.41) is 3.22. The first-order valence-electron chi connectivity index (χ1n) is 7.95. The van der Waals surface area contributed by atoms with Crippen LogP contribution in [0.4, 0.5) is 5.69 Å². The van der Waals surface area contributed by atoms with Gasteiger partial charge in [-0.15, -0.1) is 0 Å². The molecule has 0 aliphatic rings. The predicted octanol–water partition coefficient (Wildman–Crippen LogP) is 2.88. The molecule has 1 unspecified atom stereocenters. The summed E-state index contributed by atoms with van der Waals surface area (Å²) in [7, 11) is -3.92. The molecule has 2 rings (SSSR count). The number of hydrogen-bond donors (Lipinski definition) is 2. The summed E-state index contributed by atoms with van der Waals surface area (Å²) in [6, 6.07) is 10.5. The number of benzene rings is 2. The molecule has 0 heterocycles. The Bertz CT molecular complexity index is 958. The van der Waals surface area contributed by atoms with Crippen molar-refractivity contribution in [3.63, 3.8) is 0 Å². The molecule has 0 aromatic heterocycles. The molecule has 1 atom stereocenters. The van der Waals surface area contributed by atoms with Gasteiger partial charge in [0.1, 0.15) is 5.75 Å². The fraction of sp³-hybridized carbons (Fsp3) is 0.222. The Morgan fingerprint density at radius 1 is 1.11 bits per heavy atom. The smallest absolute Gasteiger partial charge is 0.265 e. The molecule has 2 amide bonds. The molecule has 9 heteroatoms. The van der Waals surface area contributed by atoms with E-state index in [1.807, 2.05) is 11.6 Å². The Labute approximate surface area is 162 Å². The molecule has 0 aliphatic heterocycles. The van der Waals surface area contributed by atoms with Crippen molar-refractivity contribution in [2.75, 3.05) is 5.32 Å². The second-order valence-electron chi connectivity index (χ2n) is 5.85. The van der Waals surface area contributed by atoms with Gasteiger partial charge in [0.15, 0.2) is 6.10 Å². The molecule has 27 heavy (non-hydrogen) atoms. The molecule has 2 aromatic rings. The number of rotatable bonds is 6. The van der Waals surface area contributed by atoms with Crippen LogP contribution in [0.2, 0.25) is 5.02 Å². The highest BCUT2D eigenvalue weighted by molar-refractivity contribution is 7.90. The lowest BCUT2D eigenvalue weighted by molar-refractivity contribution is -0.122. The van der Waals surface area contributed by atoms with E-state index in [2.05, 4.69) is 5.32 Å². The highest BCUT2D eigenvalue weighted by atomic mass is 35.5. The van der Waals surface area contributed by atoms with Gasteiger partial charge in [0.05, 0.1) is 4.90 Å². The summed E-state index contributed by atoms with van der Waals surface area (Å²) in [6.07, 6.45) is -0.785. The van der Waals surface area contributed by atoms with Gasteiger partial charge in [0, 0.05) is 17.6 Å². The first-order chi connectivity index (χ1) is 12.6. The largest absolute Gasteiger partial charge is 0.481 e. The Kier molecular flexibility index (Phi) is 6.45. The number of aryl methyl sites for hydroxylation is 1. The molecule has 2 N–H and O–H groups in total. The molecule has 144 valence electrons. The van der Waals surface area contributed by atoms with Crippen molar-refractivity contribution in [3.8, 4) is 5.75 Å². The number of anilines is 1. The van der Waals surface area contributed by atoms with E-state index in [4.69, 9.17) is 16.3 Å². The second kappa shape index (κ2) is 8.41. The Hall–Kier alpha value is -2.58. The maximum atomic E-state index is 12.3. The van der Waals surface area contributed by atoms with Gasteiger partial charge >= 0.3 is 0 Å². The van der Waals surface area contributed by atoms with Crippen LogP contribution in [0.15, 0.2) is 47.4 Å². The first-order valence-corrected chi connectivity index (χ1v) is 9.82. The van der Waals surface area contributed by atoms with Crippen LogP contribution in [-0.2, 0) is 19.6 Å². The van der Waals surface area contributed by atoms with Crippen LogP contribution in [0.1, 0.15) is 19.4 Å². The van der Waals surface area contributed by atoms with Gasteiger partial charge in [-0.2, -0.15) is 0 Å². The molecule has 0 radical (unpaired) electrons. The maximum Gasteiger partial charge on any atom is 0.265 e. The van der Waals surface area contributed by atoms with E-state index in [9.17, 15) is 18.0 Å². The van der Waals surface area contributed by atoms with Gasteiger partial charge in [-0.25, -0.2) is 13.1 Å². The van der Waals surface area contributed by atoms with Gasteiger partial charge < -0.3 is 10.1 Å². The van der Waals surface area contributed by atoms with Gasteiger partial charge in [0.2, 0.25) is 5.91 Å². The maximum absolute atomic E-state index is 12.3. The zero-order chi connectivity index (χ0) is 20.2. The monoisotopic (exact) mass is 410 g/mol. The van der Waals surface area contributed by atoms with Crippen LogP contribution in [0.3, 0.4) is 0 Å². The van der Waals surface area contributed by atoms with Crippen LogP contribution in [0.5, 0.6) is 5.75 Å². The van der Waals surface area contributed by atoms with Crippen LogP contribution in [0.25, 0.3) is 0 Å². The molecule has 2 aromatic carbocycles. The number of sulfonamides is 1. The zero-order valence-electron chi connectivity index (χ0n) is 14.9. The minimum absolute atomic E-state index is 0.0863. The summed E-state index contributed by atoms with van der Waals surface area (Å²) >= 11 is 5.90. The lowest BCUT2D eigenvalue weighted by Crippen LogP contribution is -2.30. The highest BCUT2D eigenvalue weighted by Gasteiger charge is 2.18. The molecule has 0 spiro atoms. The zero-order valence-corrected chi connectivity index (χ0v) is 16.5. The van der Waals surface area contributed by atoms with Crippen LogP contribution >= 0.6 is 11.6 Å². The number of ether oxygens (including phenoxy) is 1. The third kappa shape index (κ3) is 5.70. The highest BCUT2D eigenvalue weighted by Crippen LogP contribution is 2.23. The topological polar surface area (TPSA) is 102 Å². The fourth-order valence-corrected chi connectivity index (χ4v) is 3.42. The first kappa shape index (κ1) is 20.7. The van der Waals surface area contributed by atoms with Crippen LogP contribution < -0.4 is 14.8 Å². The fourth-order valence-electron chi connectivity index (χ4n) is 2.20. The van der Waals surface area contributed by atoms with E-state index in [1.165, 1.54) is 24.3 Å². The van der Waals surface area contributed by atoms with Crippen molar-refractivity contribution in [2.45, 2.75) is 31.8 Å². The van der Waals surface area contributed by atoms with Crippen molar-refractivity contribution in [1.29, 1.82) is 0 Å². The molecule has 0 saturated heterocycles. The molecule has 0 aliphatic carbocycles. The van der Waals surface area contributed by atoms with E-state index >= 15 is 0 Å². The molecule has 0 fully saturated rings. The Morgan fingerprint density at radius 3 is 2.30 bits per heavy atom. The number of nitrogens with one attached hydrogen (secondary N) is 2. The quantitative estimate of drug-likeness (QED) is 0.762. The van der Waals surface area contributed by atoms with Gasteiger partial charge in [-0.1, -0.05) is 11.6 Å². The standard InChI is InChI=1S/C18H19ClN2O5S/c1-11-10-14(19)4-9-17(11)26-12(2)18(23)20-15-5-7-16(8-6-15)27(24,25)21-13(3)22/h4-10,12H,1-3H3,(H,20,23)(H,21,22). The summed E-state index contributed by atoms with van der Waals surface area (Å²) in [6.45, 7) is 4.52. The van der Waals surface area contributed by atoms with E-state index in [0.29, 0.717) is 16.5 Å². The van der Waals surface area contributed by atoms with Crippen molar-refractivity contribution in [2.24, 2.45) is 0 Å². The third-order valence-corrected chi connectivity index (χ3v) is 5.20. The number of halogens is 1. The van der Waals surface area contributed by atoms with Crippen molar-refractivity contribution < 1.29 is 22.7 Å². The second-order valence-corrected chi connectivity index (χ2v) is 7.96. The van der Waals surface area contributed by atoms with E-state index in [-0.39, 0.29) is 4.90 Å². The average molecular weight is 411 g/mol. The molecular formula is C18H19ClN2O5S. The molecule has 0 bridgehead atoms. The lowest BCUT2D eigenvalue weighted by atomic mass is 10.2. The number of carbonyl (C=O) groups is 2. The lowest BCUT2D eigenvalue weighted by Gasteiger charge is -2.16. The van der Waals surface area contributed by atoms with Crippen LogP contribution in [0, 0.1) is 6.92 Å². The average Bonchev–Trinajstić information content (AvgIpc) is 2.56. The SMILES string of the molecule is CC(=O)NS(=O)(=O)c1ccc(NC(=O)C(C)Oc2ccc(Cl)cc2C)cc1. The van der Waals surface area contributed by atoms with E-state index in [0.717, 1.165) is 12.5 Å². The third-order valence-electron chi connectivity index (χ3n) is 3.52. The van der Waals surface area contributed by atoms with Gasteiger partial charge in [-0.3, -0.25) is 9.59 Å². The molecule has 0 saturated carbocycles. The Balaban J connectivity index is 2.03. The van der Waals surface area contributed by atoms with Gasteiger partial charge in [0.25, 0.3) is 15.9 Å². The number of hydrogen-bond acceptors (Lipinski definition) is 5. The summed E-state index contributed by atoms with van der Waals surface area (Å²) in [4.78, 5) is 23.1. The number of amides is 2. The number of carbonyl (C=O) groups excluding carboxylic acids is 2.